The first-order valence-corrected chi connectivity index (χ1v) is 5.63. The van der Waals surface area contributed by atoms with Crippen LogP contribution in [-0.4, -0.2) is 0 Å². The van der Waals surface area contributed by atoms with Gasteiger partial charge in [0.25, 0.3) is 0 Å². The first-order valence-electron chi connectivity index (χ1n) is 5.25. The number of benzene rings is 2. The second-order valence-electron chi connectivity index (χ2n) is 3.94. The molecule has 0 unspecified atom stereocenters. The van der Waals surface area contributed by atoms with Gasteiger partial charge in [0, 0.05) is 5.02 Å². The zero-order valence-electron chi connectivity index (χ0n) is 9.60. The first kappa shape index (κ1) is 12.6. The van der Waals surface area contributed by atoms with Gasteiger partial charge in [0.1, 0.15) is 11.6 Å². The highest BCUT2D eigenvalue weighted by Gasteiger charge is 2.08. The lowest BCUT2D eigenvalue weighted by Gasteiger charge is -2.11. The number of hydrogen-bond donors (Lipinski definition) is 2. The molecule has 0 spiro atoms. The van der Waals surface area contributed by atoms with Crippen molar-refractivity contribution in [3.63, 3.8) is 0 Å². The van der Waals surface area contributed by atoms with E-state index in [2.05, 4.69) is 5.32 Å². The fourth-order valence-corrected chi connectivity index (χ4v) is 1.70. The van der Waals surface area contributed by atoms with Crippen LogP contribution in [0.25, 0.3) is 0 Å². The molecule has 2 rings (SSSR count). The molecule has 2 nitrogen and oxygen atoms in total. The number of halogens is 3. The van der Waals surface area contributed by atoms with Crippen molar-refractivity contribution >= 4 is 28.7 Å². The SMILES string of the molecule is Cc1cc(Nc2ccc(Cl)cc2F)c(N)cc1F. The van der Waals surface area contributed by atoms with Gasteiger partial charge in [-0.15, -0.1) is 0 Å². The molecule has 2 aromatic carbocycles. The highest BCUT2D eigenvalue weighted by atomic mass is 35.5. The third kappa shape index (κ3) is 2.54. The number of anilines is 3. The Hall–Kier alpha value is -1.81. The lowest BCUT2D eigenvalue weighted by molar-refractivity contribution is 0.619. The molecule has 94 valence electrons. The van der Waals surface area contributed by atoms with Crippen LogP contribution in [0.4, 0.5) is 25.8 Å². The minimum absolute atomic E-state index is 0.215. The van der Waals surface area contributed by atoms with E-state index in [0.29, 0.717) is 16.3 Å². The van der Waals surface area contributed by atoms with Crippen LogP contribution < -0.4 is 11.1 Å². The predicted octanol–water partition coefficient (Wildman–Crippen LogP) is 4.25. The first-order chi connectivity index (χ1) is 8.47. The molecule has 0 aliphatic carbocycles. The average molecular weight is 269 g/mol. The topological polar surface area (TPSA) is 38.0 Å². The number of aryl methyl sites for hydroxylation is 1. The Bertz CT molecular complexity index is 600. The van der Waals surface area contributed by atoms with E-state index in [1.807, 2.05) is 0 Å². The van der Waals surface area contributed by atoms with Crippen molar-refractivity contribution in [1.29, 1.82) is 0 Å². The molecule has 0 saturated carbocycles. The molecular formula is C13H11ClF2N2. The molecule has 0 aromatic heterocycles. The Morgan fingerprint density at radius 1 is 1.06 bits per heavy atom. The van der Waals surface area contributed by atoms with Crippen LogP contribution >= 0.6 is 11.6 Å². The zero-order chi connectivity index (χ0) is 13.3. The lowest BCUT2D eigenvalue weighted by atomic mass is 10.1. The summed E-state index contributed by atoms with van der Waals surface area (Å²) in [6.07, 6.45) is 0. The van der Waals surface area contributed by atoms with E-state index in [1.165, 1.54) is 24.3 Å². The monoisotopic (exact) mass is 268 g/mol. The number of nitrogens with one attached hydrogen (secondary N) is 1. The second kappa shape index (κ2) is 4.82. The van der Waals surface area contributed by atoms with Crippen molar-refractivity contribution in [2.75, 3.05) is 11.1 Å². The quantitative estimate of drug-likeness (QED) is 0.799. The third-order valence-electron chi connectivity index (χ3n) is 2.53. The molecule has 0 amide bonds. The van der Waals surface area contributed by atoms with Gasteiger partial charge in [-0.25, -0.2) is 8.78 Å². The Morgan fingerprint density at radius 3 is 2.44 bits per heavy atom. The highest BCUT2D eigenvalue weighted by molar-refractivity contribution is 6.30. The predicted molar refractivity (Wildman–Crippen MR) is 70.2 cm³/mol. The Kier molecular flexibility index (Phi) is 3.39. The van der Waals surface area contributed by atoms with Crippen molar-refractivity contribution < 1.29 is 8.78 Å². The summed E-state index contributed by atoms with van der Waals surface area (Å²) < 4.78 is 26.8. The molecule has 0 heterocycles. The van der Waals surface area contributed by atoms with Crippen LogP contribution in [0.2, 0.25) is 5.02 Å². The number of nitrogens with two attached hydrogens (primary N) is 1. The normalized spacial score (nSPS) is 10.4. The molecule has 0 saturated heterocycles. The molecule has 2 aromatic rings. The highest BCUT2D eigenvalue weighted by Crippen LogP contribution is 2.28. The van der Waals surface area contributed by atoms with Crippen molar-refractivity contribution in [3.8, 4) is 0 Å². The van der Waals surface area contributed by atoms with Crippen molar-refractivity contribution in [2.45, 2.75) is 6.92 Å². The molecule has 3 N–H and O–H groups in total. The van der Waals surface area contributed by atoms with Gasteiger partial charge >= 0.3 is 0 Å². The number of hydrogen-bond acceptors (Lipinski definition) is 2. The van der Waals surface area contributed by atoms with Crippen LogP contribution in [0.3, 0.4) is 0 Å². The summed E-state index contributed by atoms with van der Waals surface area (Å²) in [4.78, 5) is 0. The molecule has 0 bridgehead atoms. The summed E-state index contributed by atoms with van der Waals surface area (Å²) in [5.74, 6) is -0.890. The van der Waals surface area contributed by atoms with Crippen LogP contribution in [0.5, 0.6) is 0 Å². The molecule has 0 atom stereocenters. The summed E-state index contributed by atoms with van der Waals surface area (Å²) >= 11 is 5.66. The van der Waals surface area contributed by atoms with Crippen LogP contribution in [-0.2, 0) is 0 Å². The van der Waals surface area contributed by atoms with Crippen molar-refractivity contribution in [1.82, 2.24) is 0 Å². The maximum Gasteiger partial charge on any atom is 0.148 e. The summed E-state index contributed by atoms with van der Waals surface area (Å²) in [6, 6.07) is 6.97. The van der Waals surface area contributed by atoms with Gasteiger partial charge in [-0.05, 0) is 42.8 Å². The van der Waals surface area contributed by atoms with Gasteiger partial charge in [-0.2, -0.15) is 0 Å². The van der Waals surface area contributed by atoms with Crippen LogP contribution in [0.15, 0.2) is 30.3 Å². The van der Waals surface area contributed by atoms with Gasteiger partial charge in [0.05, 0.1) is 17.1 Å². The van der Waals surface area contributed by atoms with E-state index >= 15 is 0 Å². The van der Waals surface area contributed by atoms with Gasteiger partial charge in [-0.3, -0.25) is 0 Å². The zero-order valence-corrected chi connectivity index (χ0v) is 10.4. The molecule has 18 heavy (non-hydrogen) atoms. The summed E-state index contributed by atoms with van der Waals surface area (Å²) in [5, 5.41) is 3.12. The van der Waals surface area contributed by atoms with Gasteiger partial charge in [-0.1, -0.05) is 11.6 Å². The Labute approximate surface area is 108 Å². The van der Waals surface area contributed by atoms with E-state index in [1.54, 1.807) is 13.0 Å². The molecule has 0 aliphatic heterocycles. The molecule has 0 fully saturated rings. The smallest absolute Gasteiger partial charge is 0.148 e. The standard InChI is InChI=1S/C13H11ClF2N2/c1-7-4-13(11(17)6-9(7)15)18-12-3-2-8(14)5-10(12)16/h2-6,18H,17H2,1H3. The largest absolute Gasteiger partial charge is 0.397 e. The van der Waals surface area contributed by atoms with E-state index < -0.39 is 11.6 Å². The van der Waals surface area contributed by atoms with E-state index in [-0.39, 0.29) is 11.4 Å². The minimum Gasteiger partial charge on any atom is -0.397 e. The second-order valence-corrected chi connectivity index (χ2v) is 4.37. The molecular weight excluding hydrogens is 258 g/mol. The van der Waals surface area contributed by atoms with Crippen LogP contribution in [0, 0.1) is 18.6 Å². The maximum absolute atomic E-state index is 13.6. The van der Waals surface area contributed by atoms with Gasteiger partial charge in [0.2, 0.25) is 0 Å². The average Bonchev–Trinajstić information content (AvgIpc) is 2.29. The van der Waals surface area contributed by atoms with Gasteiger partial charge in [0.15, 0.2) is 0 Å². The summed E-state index contributed by atoms with van der Waals surface area (Å²) in [5.41, 5.74) is 7.00. The third-order valence-corrected chi connectivity index (χ3v) is 2.77. The minimum atomic E-state index is -0.496. The summed E-state index contributed by atoms with van der Waals surface area (Å²) in [6.45, 7) is 1.61. The number of rotatable bonds is 2. The Morgan fingerprint density at radius 2 is 1.78 bits per heavy atom. The van der Waals surface area contributed by atoms with Crippen LogP contribution in [0.1, 0.15) is 5.56 Å². The van der Waals surface area contributed by atoms with E-state index in [9.17, 15) is 8.78 Å². The molecule has 5 heteroatoms. The van der Waals surface area contributed by atoms with E-state index in [4.69, 9.17) is 17.3 Å². The fourth-order valence-electron chi connectivity index (χ4n) is 1.54. The van der Waals surface area contributed by atoms with Crippen molar-refractivity contribution in [3.05, 3.63) is 52.6 Å². The fraction of sp³-hybridized carbons (Fsp3) is 0.0769. The van der Waals surface area contributed by atoms with Gasteiger partial charge < -0.3 is 11.1 Å². The Balaban J connectivity index is 2.37. The molecule has 0 aliphatic rings. The molecule has 0 radical (unpaired) electrons. The summed E-state index contributed by atoms with van der Waals surface area (Å²) in [7, 11) is 0. The number of nitrogen functional groups attached to an aromatic ring is 1. The lowest BCUT2D eigenvalue weighted by Crippen LogP contribution is -2.00. The van der Waals surface area contributed by atoms with E-state index in [0.717, 1.165) is 0 Å². The maximum atomic E-state index is 13.6. The van der Waals surface area contributed by atoms with Crippen molar-refractivity contribution in [2.24, 2.45) is 0 Å².